The van der Waals surface area contributed by atoms with E-state index >= 15 is 0 Å². The molecule has 1 fully saturated rings. The van der Waals surface area contributed by atoms with Crippen molar-refractivity contribution in [3.05, 3.63) is 12.7 Å². The first-order valence-corrected chi connectivity index (χ1v) is 7.72. The lowest BCUT2D eigenvalue weighted by atomic mass is 10.2. The summed E-state index contributed by atoms with van der Waals surface area (Å²) in [5.41, 5.74) is 0. The Morgan fingerprint density at radius 3 is 2.85 bits per heavy atom. The van der Waals surface area contributed by atoms with Crippen molar-refractivity contribution in [2.45, 2.75) is 18.9 Å². The third-order valence-electron chi connectivity index (χ3n) is 2.79. The number of aliphatic imine (C=N–C) groups is 1. The highest BCUT2D eigenvalue weighted by Crippen LogP contribution is 2.16. The van der Waals surface area contributed by atoms with Crippen LogP contribution in [0.2, 0.25) is 0 Å². The number of likely N-dealkylation sites (N-methyl/N-ethyl adjacent to an activating group) is 1. The molecule has 0 bridgehead atoms. The summed E-state index contributed by atoms with van der Waals surface area (Å²) in [6, 6.07) is 0.435. The average molecular weight is 412 g/mol. The highest BCUT2D eigenvalue weighted by Gasteiger charge is 2.15. The van der Waals surface area contributed by atoms with Gasteiger partial charge in [-0.2, -0.15) is 11.8 Å². The summed E-state index contributed by atoms with van der Waals surface area (Å²) in [6.45, 7) is 4.49. The largest absolute Gasteiger partial charge is 0.353 e. The molecule has 1 unspecified atom stereocenters. The van der Waals surface area contributed by atoms with Crippen molar-refractivity contribution in [3.8, 4) is 0 Å². The van der Waals surface area contributed by atoms with Gasteiger partial charge >= 0.3 is 0 Å². The Morgan fingerprint density at radius 2 is 2.30 bits per heavy atom. The van der Waals surface area contributed by atoms with Crippen LogP contribution >= 0.6 is 35.7 Å². The van der Waals surface area contributed by atoms with E-state index in [0.29, 0.717) is 18.5 Å². The van der Waals surface area contributed by atoms with Crippen molar-refractivity contribution >= 4 is 47.6 Å². The quantitative estimate of drug-likeness (QED) is 0.310. The van der Waals surface area contributed by atoms with Crippen LogP contribution < -0.4 is 10.6 Å². The molecule has 0 aromatic rings. The van der Waals surface area contributed by atoms with Gasteiger partial charge in [0.15, 0.2) is 5.96 Å². The molecular formula is C13H25IN4OS. The molecule has 1 aliphatic heterocycles. The predicted octanol–water partition coefficient (Wildman–Crippen LogP) is 1.31. The predicted molar refractivity (Wildman–Crippen MR) is 98.1 cm³/mol. The lowest BCUT2D eigenvalue weighted by Crippen LogP contribution is -2.46. The fraction of sp³-hybridized carbons (Fsp3) is 0.692. The second kappa shape index (κ2) is 11.2. The first kappa shape index (κ1) is 19.6. The second-order valence-electron chi connectivity index (χ2n) is 4.68. The maximum absolute atomic E-state index is 11.6. The lowest BCUT2D eigenvalue weighted by Gasteiger charge is -2.24. The summed E-state index contributed by atoms with van der Waals surface area (Å²) in [5.74, 6) is 3.03. The van der Waals surface area contributed by atoms with Crippen molar-refractivity contribution in [2.24, 2.45) is 4.99 Å². The van der Waals surface area contributed by atoms with E-state index in [9.17, 15) is 4.79 Å². The molecule has 20 heavy (non-hydrogen) atoms. The number of thioether (sulfide) groups is 1. The van der Waals surface area contributed by atoms with Gasteiger partial charge in [0, 0.05) is 32.4 Å². The van der Waals surface area contributed by atoms with E-state index in [-0.39, 0.29) is 36.4 Å². The second-order valence-corrected chi connectivity index (χ2v) is 5.83. The Labute approximate surface area is 143 Å². The van der Waals surface area contributed by atoms with Crippen molar-refractivity contribution in [1.82, 2.24) is 15.5 Å². The van der Waals surface area contributed by atoms with Gasteiger partial charge in [-0.25, -0.2) is 4.99 Å². The van der Waals surface area contributed by atoms with Crippen LogP contribution in [-0.4, -0.2) is 61.5 Å². The van der Waals surface area contributed by atoms with Crippen LogP contribution in [0.3, 0.4) is 0 Å². The maximum Gasteiger partial charge on any atom is 0.243 e. The third kappa shape index (κ3) is 7.98. The zero-order chi connectivity index (χ0) is 14.1. The first-order chi connectivity index (χ1) is 9.13. The molecule has 0 radical (unpaired) electrons. The molecule has 0 saturated carbocycles. The van der Waals surface area contributed by atoms with Crippen molar-refractivity contribution in [2.75, 3.05) is 38.7 Å². The van der Waals surface area contributed by atoms with E-state index in [1.807, 2.05) is 11.8 Å². The van der Waals surface area contributed by atoms with Crippen LogP contribution in [0.15, 0.2) is 17.6 Å². The summed E-state index contributed by atoms with van der Waals surface area (Å²) >= 11 is 1.96. The molecular weight excluding hydrogens is 387 g/mol. The summed E-state index contributed by atoms with van der Waals surface area (Å²) < 4.78 is 0. The summed E-state index contributed by atoms with van der Waals surface area (Å²) in [7, 11) is 3.47. The van der Waals surface area contributed by atoms with Crippen LogP contribution in [0.1, 0.15) is 12.8 Å². The number of hydrogen-bond acceptors (Lipinski definition) is 3. The molecule has 1 amide bonds. The van der Waals surface area contributed by atoms with E-state index in [1.165, 1.54) is 12.2 Å². The van der Waals surface area contributed by atoms with E-state index < -0.39 is 0 Å². The number of halogens is 1. The van der Waals surface area contributed by atoms with Gasteiger partial charge in [0.1, 0.15) is 6.54 Å². The molecule has 0 spiro atoms. The molecule has 7 heteroatoms. The number of guanidine groups is 1. The Hall–Kier alpha value is -0.440. The van der Waals surface area contributed by atoms with Crippen LogP contribution in [-0.2, 0) is 4.79 Å². The number of carbonyl (C=O) groups is 1. The maximum atomic E-state index is 11.6. The van der Waals surface area contributed by atoms with E-state index in [4.69, 9.17) is 0 Å². The zero-order valence-electron chi connectivity index (χ0n) is 12.2. The molecule has 1 aliphatic rings. The van der Waals surface area contributed by atoms with E-state index in [1.54, 1.807) is 25.1 Å². The summed E-state index contributed by atoms with van der Waals surface area (Å²) in [6.07, 6.45) is 4.16. The van der Waals surface area contributed by atoms with Gasteiger partial charge in [-0.3, -0.25) is 4.79 Å². The van der Waals surface area contributed by atoms with Gasteiger partial charge < -0.3 is 15.5 Å². The lowest BCUT2D eigenvalue weighted by molar-refractivity contribution is -0.127. The molecule has 1 atom stereocenters. The van der Waals surface area contributed by atoms with E-state index in [2.05, 4.69) is 22.2 Å². The van der Waals surface area contributed by atoms with E-state index in [0.717, 1.165) is 12.2 Å². The standard InChI is InChI=1S/C13H24N4OS.HI/c1-4-7-14-13(15-9-12(18)17(2)3)16-11-6-5-8-19-10-11;/h4,11H,1,5-10H2,2-3H3,(H2,14,15,16);1H. The average Bonchev–Trinajstić information content (AvgIpc) is 2.42. The molecule has 0 aliphatic carbocycles. The van der Waals surface area contributed by atoms with Crippen molar-refractivity contribution < 1.29 is 4.79 Å². The topological polar surface area (TPSA) is 56.7 Å². The fourth-order valence-corrected chi connectivity index (χ4v) is 2.73. The molecule has 1 saturated heterocycles. The summed E-state index contributed by atoms with van der Waals surface area (Å²) in [4.78, 5) is 17.4. The Kier molecular flexibility index (Phi) is 11.0. The van der Waals surface area contributed by atoms with Crippen LogP contribution in [0.5, 0.6) is 0 Å². The van der Waals surface area contributed by atoms with Gasteiger partial charge in [0.2, 0.25) is 5.91 Å². The Morgan fingerprint density at radius 1 is 1.55 bits per heavy atom. The number of nitrogens with zero attached hydrogens (tertiary/aromatic N) is 2. The van der Waals surface area contributed by atoms with Gasteiger partial charge in [-0.1, -0.05) is 6.08 Å². The third-order valence-corrected chi connectivity index (χ3v) is 4.00. The number of nitrogens with one attached hydrogen (secondary N) is 2. The molecule has 5 nitrogen and oxygen atoms in total. The monoisotopic (exact) mass is 412 g/mol. The molecule has 1 rings (SSSR count). The smallest absolute Gasteiger partial charge is 0.243 e. The van der Waals surface area contributed by atoms with Gasteiger partial charge in [-0.05, 0) is 18.6 Å². The minimum absolute atomic E-state index is 0. The van der Waals surface area contributed by atoms with Crippen LogP contribution in [0, 0.1) is 0 Å². The van der Waals surface area contributed by atoms with Gasteiger partial charge in [-0.15, -0.1) is 30.6 Å². The molecule has 0 aromatic carbocycles. The number of carbonyl (C=O) groups excluding carboxylic acids is 1. The minimum Gasteiger partial charge on any atom is -0.353 e. The number of rotatable bonds is 5. The summed E-state index contributed by atoms with van der Waals surface area (Å²) in [5, 5.41) is 6.54. The molecule has 1 heterocycles. The Bertz CT molecular complexity index is 330. The molecule has 116 valence electrons. The zero-order valence-corrected chi connectivity index (χ0v) is 15.4. The highest BCUT2D eigenvalue weighted by atomic mass is 127. The van der Waals surface area contributed by atoms with Crippen molar-refractivity contribution in [1.29, 1.82) is 0 Å². The van der Waals surface area contributed by atoms with Gasteiger partial charge in [0.05, 0.1) is 0 Å². The minimum atomic E-state index is -0.00211. The number of hydrogen-bond donors (Lipinski definition) is 2. The van der Waals surface area contributed by atoms with Gasteiger partial charge in [0.25, 0.3) is 0 Å². The first-order valence-electron chi connectivity index (χ1n) is 6.57. The number of amides is 1. The van der Waals surface area contributed by atoms with Crippen LogP contribution in [0.25, 0.3) is 0 Å². The molecule has 2 N–H and O–H groups in total. The Balaban J connectivity index is 0.00000361. The normalized spacial score (nSPS) is 18.7. The van der Waals surface area contributed by atoms with Crippen molar-refractivity contribution in [3.63, 3.8) is 0 Å². The molecule has 0 aromatic heterocycles. The highest BCUT2D eigenvalue weighted by molar-refractivity contribution is 14.0. The van der Waals surface area contributed by atoms with Crippen LogP contribution in [0.4, 0.5) is 0 Å². The fourth-order valence-electron chi connectivity index (χ4n) is 1.66. The SMILES string of the molecule is C=CCNC(=NCC(=O)N(C)C)NC1CCCSC1.I.